The van der Waals surface area contributed by atoms with Crippen molar-refractivity contribution in [1.29, 1.82) is 0 Å². The monoisotopic (exact) mass is 440 g/mol. The Labute approximate surface area is 189 Å². The predicted octanol–water partition coefficient (Wildman–Crippen LogP) is 5.03. The number of carbonyl (C=O) groups excluding carboxylic acids is 3. The zero-order chi connectivity index (χ0) is 23.9. The molecule has 2 aromatic carbocycles. The van der Waals surface area contributed by atoms with E-state index in [0.717, 1.165) is 0 Å². The maximum Gasteiger partial charge on any atom is 0.408 e. The van der Waals surface area contributed by atoms with Gasteiger partial charge in [0.1, 0.15) is 17.2 Å². The molecule has 0 aliphatic heterocycles. The highest BCUT2D eigenvalue weighted by atomic mass is 16.6. The number of hydrogen-bond acceptors (Lipinski definition) is 5. The van der Waals surface area contributed by atoms with E-state index in [1.807, 2.05) is 6.07 Å². The topological polar surface area (TPSA) is 93.7 Å². The van der Waals surface area contributed by atoms with E-state index >= 15 is 0 Å². The highest BCUT2D eigenvalue weighted by Crippen LogP contribution is 2.22. The van der Waals surface area contributed by atoms with Crippen LogP contribution < -0.4 is 10.6 Å². The van der Waals surface area contributed by atoms with Crippen molar-refractivity contribution < 1.29 is 23.9 Å². The number of amides is 2. The molecule has 0 aromatic heterocycles. The van der Waals surface area contributed by atoms with Crippen molar-refractivity contribution in [2.75, 3.05) is 0 Å². The molecule has 2 atom stereocenters. The van der Waals surface area contributed by atoms with Crippen LogP contribution in [-0.2, 0) is 9.47 Å². The minimum Gasteiger partial charge on any atom is -0.444 e. The summed E-state index contributed by atoms with van der Waals surface area (Å²) >= 11 is 0. The Hall–Kier alpha value is -3.35. The molecule has 7 heteroatoms. The highest BCUT2D eigenvalue weighted by molar-refractivity contribution is 6.02. The first-order valence-corrected chi connectivity index (χ1v) is 10.5. The van der Waals surface area contributed by atoms with E-state index in [2.05, 4.69) is 10.6 Å². The van der Waals surface area contributed by atoms with E-state index in [4.69, 9.17) is 9.47 Å². The van der Waals surface area contributed by atoms with Gasteiger partial charge in [0.25, 0.3) is 0 Å². The highest BCUT2D eigenvalue weighted by Gasteiger charge is 2.35. The number of carbonyl (C=O) groups is 3. The fourth-order valence-electron chi connectivity index (χ4n) is 2.97. The minimum atomic E-state index is -1.14. The molecule has 2 aromatic rings. The lowest BCUT2D eigenvalue weighted by molar-refractivity contribution is 0.0420. The SMILES string of the molecule is CC(C)(C)OC(=O)N[C@H](C(=O)c1ccccc1)[C@@H](NC(=O)OC(C)(C)C)c1ccccc1. The van der Waals surface area contributed by atoms with Gasteiger partial charge in [0.05, 0.1) is 6.04 Å². The Bertz CT molecular complexity index is 915. The van der Waals surface area contributed by atoms with Crippen molar-refractivity contribution in [3.8, 4) is 0 Å². The second-order valence-electron chi connectivity index (χ2n) is 9.39. The van der Waals surface area contributed by atoms with Gasteiger partial charge in [-0.2, -0.15) is 0 Å². The van der Waals surface area contributed by atoms with Crippen molar-refractivity contribution in [1.82, 2.24) is 10.6 Å². The van der Waals surface area contributed by atoms with Gasteiger partial charge in [0, 0.05) is 5.56 Å². The summed E-state index contributed by atoms with van der Waals surface area (Å²) in [5.41, 5.74) is -0.474. The van der Waals surface area contributed by atoms with Crippen molar-refractivity contribution >= 4 is 18.0 Å². The Morgan fingerprint density at radius 3 is 1.59 bits per heavy atom. The summed E-state index contributed by atoms with van der Waals surface area (Å²) < 4.78 is 10.8. The largest absolute Gasteiger partial charge is 0.444 e. The third kappa shape index (κ3) is 8.06. The van der Waals surface area contributed by atoms with Crippen LogP contribution in [0.4, 0.5) is 9.59 Å². The fraction of sp³-hybridized carbons (Fsp3) is 0.400. The predicted molar refractivity (Wildman–Crippen MR) is 122 cm³/mol. The van der Waals surface area contributed by atoms with Crippen LogP contribution in [0, 0.1) is 0 Å². The molecule has 0 fully saturated rings. The number of ether oxygens (including phenoxy) is 2. The first-order chi connectivity index (χ1) is 14.9. The minimum absolute atomic E-state index is 0.374. The van der Waals surface area contributed by atoms with Crippen molar-refractivity contribution in [3.63, 3.8) is 0 Å². The normalized spacial score (nSPS) is 13.4. The van der Waals surface area contributed by atoms with Gasteiger partial charge in [0.15, 0.2) is 5.78 Å². The number of rotatable bonds is 6. The summed E-state index contributed by atoms with van der Waals surface area (Å²) in [6, 6.07) is 15.5. The summed E-state index contributed by atoms with van der Waals surface area (Å²) in [7, 11) is 0. The van der Waals surface area contributed by atoms with Gasteiger partial charge < -0.3 is 20.1 Å². The first-order valence-electron chi connectivity index (χ1n) is 10.5. The van der Waals surface area contributed by atoms with Crippen LogP contribution >= 0.6 is 0 Å². The Morgan fingerprint density at radius 1 is 0.688 bits per heavy atom. The van der Waals surface area contributed by atoms with Crippen molar-refractivity contribution in [2.45, 2.75) is 64.8 Å². The second-order valence-corrected chi connectivity index (χ2v) is 9.39. The van der Waals surface area contributed by atoms with Gasteiger partial charge in [-0.05, 0) is 47.1 Å². The molecule has 0 heterocycles. The van der Waals surface area contributed by atoms with Gasteiger partial charge in [0.2, 0.25) is 0 Å². The zero-order valence-corrected chi connectivity index (χ0v) is 19.5. The van der Waals surface area contributed by atoms with E-state index in [1.165, 1.54) is 0 Å². The molecule has 7 nitrogen and oxygen atoms in total. The molecule has 2 N–H and O–H groups in total. The molecule has 2 rings (SSSR count). The van der Waals surface area contributed by atoms with Gasteiger partial charge in [-0.1, -0.05) is 60.7 Å². The van der Waals surface area contributed by atoms with E-state index in [0.29, 0.717) is 11.1 Å². The summed E-state index contributed by atoms with van der Waals surface area (Å²) in [6.45, 7) is 10.4. The maximum absolute atomic E-state index is 13.5. The molecule has 0 radical (unpaired) electrons. The van der Waals surface area contributed by atoms with Crippen molar-refractivity contribution in [3.05, 3.63) is 71.8 Å². The Balaban J connectivity index is 2.46. The van der Waals surface area contributed by atoms with Gasteiger partial charge >= 0.3 is 12.2 Å². The lowest BCUT2D eigenvalue weighted by Crippen LogP contribution is -2.52. The van der Waals surface area contributed by atoms with Crippen LogP contribution in [0.5, 0.6) is 0 Å². The molecule has 2 amide bonds. The summed E-state index contributed by atoms with van der Waals surface area (Å²) in [4.78, 5) is 38.7. The molecule has 0 saturated heterocycles. The van der Waals surface area contributed by atoms with Crippen molar-refractivity contribution in [2.24, 2.45) is 0 Å². The lowest BCUT2D eigenvalue weighted by Gasteiger charge is -2.30. The molecule has 0 bridgehead atoms. The van der Waals surface area contributed by atoms with Crippen LogP contribution in [0.2, 0.25) is 0 Å². The van der Waals surface area contributed by atoms with E-state index < -0.39 is 35.5 Å². The molecular formula is C25H32N2O5. The number of hydrogen-bond donors (Lipinski definition) is 2. The van der Waals surface area contributed by atoms with Crippen LogP contribution in [0.15, 0.2) is 60.7 Å². The van der Waals surface area contributed by atoms with Gasteiger partial charge in [-0.25, -0.2) is 9.59 Å². The lowest BCUT2D eigenvalue weighted by atomic mass is 9.92. The average molecular weight is 441 g/mol. The summed E-state index contributed by atoms with van der Waals surface area (Å²) in [5.74, 6) is -0.374. The van der Waals surface area contributed by atoms with E-state index in [9.17, 15) is 14.4 Å². The number of alkyl carbamates (subject to hydrolysis) is 2. The third-order valence-electron chi connectivity index (χ3n) is 4.18. The summed E-state index contributed by atoms with van der Waals surface area (Å²) in [6.07, 6.45) is -1.47. The van der Waals surface area contributed by atoms with Crippen LogP contribution in [-0.4, -0.2) is 35.2 Å². The molecule has 0 saturated carbocycles. The van der Waals surface area contributed by atoms with Crippen LogP contribution in [0.3, 0.4) is 0 Å². The molecule has 0 unspecified atom stereocenters. The first kappa shape index (κ1) is 24.9. The second kappa shape index (κ2) is 10.3. The smallest absolute Gasteiger partial charge is 0.408 e. The Morgan fingerprint density at radius 2 is 1.12 bits per heavy atom. The third-order valence-corrected chi connectivity index (χ3v) is 4.18. The molecular weight excluding hydrogens is 408 g/mol. The number of ketones is 1. The Kier molecular flexibility index (Phi) is 8.02. The molecule has 172 valence electrons. The van der Waals surface area contributed by atoms with E-state index in [-0.39, 0.29) is 5.78 Å². The summed E-state index contributed by atoms with van der Waals surface area (Å²) in [5, 5.41) is 5.41. The molecule has 0 aliphatic carbocycles. The van der Waals surface area contributed by atoms with Gasteiger partial charge in [-0.15, -0.1) is 0 Å². The average Bonchev–Trinajstić information content (AvgIpc) is 2.68. The zero-order valence-electron chi connectivity index (χ0n) is 19.5. The van der Waals surface area contributed by atoms with Crippen LogP contribution in [0.1, 0.15) is 63.5 Å². The molecule has 0 spiro atoms. The molecule has 32 heavy (non-hydrogen) atoms. The maximum atomic E-state index is 13.5. The fourth-order valence-corrected chi connectivity index (χ4v) is 2.97. The van der Waals surface area contributed by atoms with Gasteiger partial charge in [-0.3, -0.25) is 4.79 Å². The van der Waals surface area contributed by atoms with Crippen LogP contribution in [0.25, 0.3) is 0 Å². The standard InChI is InChI=1S/C25H32N2O5/c1-24(2,3)31-22(29)26-19(17-13-9-7-10-14-17)20(27-23(30)32-25(4,5)6)21(28)18-15-11-8-12-16-18/h7-16,19-20H,1-6H3,(H,26,29)(H,27,30)/t19-,20-/m0/s1. The molecule has 0 aliphatic rings. The number of Topliss-reactive ketones (excluding diaryl/α,β-unsaturated/α-hetero) is 1. The number of benzene rings is 2. The number of nitrogens with one attached hydrogen (secondary N) is 2. The van der Waals surface area contributed by atoms with E-state index in [1.54, 1.807) is 96.1 Å². The quantitative estimate of drug-likeness (QED) is 0.615.